The van der Waals surface area contributed by atoms with Gasteiger partial charge >= 0.3 is 5.97 Å². The van der Waals surface area contributed by atoms with Crippen LogP contribution in [0.5, 0.6) is 0 Å². The molecule has 3 heterocycles. The Hall–Kier alpha value is -3.55. The number of carboxylic acid groups (broad SMARTS) is 1. The standard InChI is InChI=1S/C20H20N4O4/c1-13-10-14-4-2-3-5-16(14)24(13)11-15-7-9-28-19(15)20(27)21-17-6-8-23(22-17)12-18(25)26/h2-9,13H,10-12H2,1H3,(H,25,26)(H,21,22,27)/t13-/m1/s1. The van der Waals surface area contributed by atoms with Crippen LogP contribution in [0.2, 0.25) is 0 Å². The van der Waals surface area contributed by atoms with Crippen LogP contribution >= 0.6 is 0 Å². The Bertz CT molecular complexity index is 1020. The molecular formula is C20H20N4O4. The lowest BCUT2D eigenvalue weighted by atomic mass is 10.1. The van der Waals surface area contributed by atoms with Gasteiger partial charge < -0.3 is 19.7 Å². The van der Waals surface area contributed by atoms with Crippen LogP contribution in [-0.4, -0.2) is 32.8 Å². The third-order valence-electron chi connectivity index (χ3n) is 4.82. The molecule has 0 bridgehead atoms. The van der Waals surface area contributed by atoms with E-state index in [1.807, 2.05) is 12.1 Å². The maximum absolute atomic E-state index is 12.6. The average molecular weight is 380 g/mol. The van der Waals surface area contributed by atoms with Crippen molar-refractivity contribution in [3.05, 3.63) is 65.7 Å². The van der Waals surface area contributed by atoms with Crippen molar-refractivity contribution >= 4 is 23.4 Å². The third-order valence-corrected chi connectivity index (χ3v) is 4.82. The van der Waals surface area contributed by atoms with E-state index >= 15 is 0 Å². The van der Waals surface area contributed by atoms with E-state index in [4.69, 9.17) is 9.52 Å². The van der Waals surface area contributed by atoms with Crippen LogP contribution in [0.1, 0.15) is 28.6 Å². The minimum absolute atomic E-state index is 0.226. The fourth-order valence-electron chi connectivity index (χ4n) is 3.54. The SMILES string of the molecule is C[C@@H]1Cc2ccccc2N1Cc1ccoc1C(=O)Nc1ccn(CC(=O)O)n1. The van der Waals surface area contributed by atoms with E-state index in [-0.39, 0.29) is 18.1 Å². The van der Waals surface area contributed by atoms with Crippen molar-refractivity contribution in [1.29, 1.82) is 0 Å². The van der Waals surface area contributed by atoms with Gasteiger partial charge in [-0.2, -0.15) is 5.10 Å². The minimum Gasteiger partial charge on any atom is -0.480 e. The second-order valence-corrected chi connectivity index (χ2v) is 6.83. The first-order valence-corrected chi connectivity index (χ1v) is 8.99. The molecule has 28 heavy (non-hydrogen) atoms. The predicted molar refractivity (Wildman–Crippen MR) is 102 cm³/mol. The molecule has 0 fully saturated rings. The van der Waals surface area contributed by atoms with Gasteiger partial charge in [0, 0.05) is 36.1 Å². The number of hydrogen-bond donors (Lipinski definition) is 2. The number of carbonyl (C=O) groups excluding carboxylic acids is 1. The van der Waals surface area contributed by atoms with Gasteiger partial charge in [0.15, 0.2) is 11.6 Å². The van der Waals surface area contributed by atoms with Gasteiger partial charge in [-0.05, 0) is 31.0 Å². The number of aliphatic carboxylic acids is 1. The van der Waals surface area contributed by atoms with Crippen LogP contribution < -0.4 is 10.2 Å². The molecule has 3 aromatic rings. The van der Waals surface area contributed by atoms with Crippen LogP contribution in [0.25, 0.3) is 0 Å². The number of furan rings is 1. The van der Waals surface area contributed by atoms with Crippen molar-refractivity contribution < 1.29 is 19.1 Å². The number of rotatable bonds is 6. The maximum atomic E-state index is 12.6. The van der Waals surface area contributed by atoms with Crippen molar-refractivity contribution in [3.8, 4) is 0 Å². The number of carbonyl (C=O) groups is 2. The number of hydrogen-bond acceptors (Lipinski definition) is 5. The number of anilines is 2. The number of amides is 1. The summed E-state index contributed by atoms with van der Waals surface area (Å²) in [6, 6.07) is 11.9. The Morgan fingerprint density at radius 3 is 2.93 bits per heavy atom. The zero-order valence-corrected chi connectivity index (χ0v) is 15.3. The highest BCUT2D eigenvalue weighted by atomic mass is 16.4. The van der Waals surface area contributed by atoms with Crippen molar-refractivity contribution in [3.63, 3.8) is 0 Å². The number of nitrogens with zero attached hydrogens (tertiary/aromatic N) is 3. The van der Waals surface area contributed by atoms with Crippen molar-refractivity contribution in [1.82, 2.24) is 9.78 Å². The number of para-hydroxylation sites is 1. The molecule has 1 amide bonds. The Morgan fingerprint density at radius 1 is 1.29 bits per heavy atom. The number of carboxylic acids is 1. The Balaban J connectivity index is 1.49. The van der Waals surface area contributed by atoms with Gasteiger partial charge in [-0.15, -0.1) is 0 Å². The molecule has 8 nitrogen and oxygen atoms in total. The Labute approximate surface area is 161 Å². The van der Waals surface area contributed by atoms with E-state index in [9.17, 15) is 9.59 Å². The van der Waals surface area contributed by atoms with E-state index in [1.165, 1.54) is 28.4 Å². The molecule has 8 heteroatoms. The number of nitrogens with one attached hydrogen (secondary N) is 1. The van der Waals surface area contributed by atoms with Gasteiger partial charge in [0.05, 0.1) is 6.26 Å². The zero-order valence-electron chi connectivity index (χ0n) is 15.3. The van der Waals surface area contributed by atoms with E-state index in [0.29, 0.717) is 12.6 Å². The van der Waals surface area contributed by atoms with Crippen LogP contribution in [-0.2, 0) is 24.3 Å². The van der Waals surface area contributed by atoms with Gasteiger partial charge in [0.25, 0.3) is 5.91 Å². The molecule has 0 aliphatic carbocycles. The molecule has 2 aromatic heterocycles. The molecule has 0 unspecified atom stereocenters. The van der Waals surface area contributed by atoms with E-state index in [0.717, 1.165) is 12.0 Å². The summed E-state index contributed by atoms with van der Waals surface area (Å²) in [6.07, 6.45) is 3.96. The molecule has 2 N–H and O–H groups in total. The average Bonchev–Trinajstić information content (AvgIpc) is 3.35. The summed E-state index contributed by atoms with van der Waals surface area (Å²) in [5.41, 5.74) is 3.26. The van der Waals surface area contributed by atoms with Crippen LogP contribution in [0.4, 0.5) is 11.5 Å². The molecule has 4 rings (SSSR count). The first-order valence-electron chi connectivity index (χ1n) is 8.99. The summed E-state index contributed by atoms with van der Waals surface area (Å²) in [5.74, 6) is -0.923. The van der Waals surface area contributed by atoms with Gasteiger partial charge in [-0.3, -0.25) is 14.3 Å². The highest BCUT2D eigenvalue weighted by Crippen LogP contribution is 2.33. The van der Waals surface area contributed by atoms with Gasteiger partial charge in [0.1, 0.15) is 6.54 Å². The van der Waals surface area contributed by atoms with Crippen molar-refractivity contribution in [2.24, 2.45) is 0 Å². The fourth-order valence-corrected chi connectivity index (χ4v) is 3.54. The first kappa shape index (κ1) is 17.8. The lowest BCUT2D eigenvalue weighted by Crippen LogP contribution is -2.29. The summed E-state index contributed by atoms with van der Waals surface area (Å²) in [7, 11) is 0. The molecule has 0 saturated carbocycles. The van der Waals surface area contributed by atoms with Crippen molar-refractivity contribution in [2.75, 3.05) is 10.2 Å². The second-order valence-electron chi connectivity index (χ2n) is 6.83. The van der Waals surface area contributed by atoms with Crippen molar-refractivity contribution in [2.45, 2.75) is 32.5 Å². The van der Waals surface area contributed by atoms with Gasteiger partial charge in [0.2, 0.25) is 0 Å². The van der Waals surface area contributed by atoms with E-state index < -0.39 is 11.9 Å². The molecule has 1 aromatic carbocycles. The molecule has 1 aliphatic rings. The Morgan fingerprint density at radius 2 is 2.11 bits per heavy atom. The summed E-state index contributed by atoms with van der Waals surface area (Å²) in [4.78, 5) is 25.6. The summed E-state index contributed by atoms with van der Waals surface area (Å²) < 4.78 is 6.68. The lowest BCUT2D eigenvalue weighted by Gasteiger charge is -2.24. The molecule has 0 radical (unpaired) electrons. The molecule has 1 atom stereocenters. The number of fused-ring (bicyclic) bond motifs is 1. The van der Waals surface area contributed by atoms with Gasteiger partial charge in [-0.1, -0.05) is 18.2 Å². The molecular weight excluding hydrogens is 360 g/mol. The summed E-state index contributed by atoms with van der Waals surface area (Å²) >= 11 is 0. The second kappa shape index (κ2) is 7.22. The Kier molecular flexibility index (Phi) is 4.60. The van der Waals surface area contributed by atoms with Crippen LogP contribution in [0.15, 0.2) is 53.3 Å². The van der Waals surface area contributed by atoms with E-state index in [1.54, 1.807) is 12.1 Å². The van der Waals surface area contributed by atoms with E-state index in [2.05, 4.69) is 34.4 Å². The topological polar surface area (TPSA) is 101 Å². The number of aromatic nitrogens is 2. The molecule has 0 saturated heterocycles. The fraction of sp³-hybridized carbons (Fsp3) is 0.250. The molecule has 1 aliphatic heterocycles. The summed E-state index contributed by atoms with van der Waals surface area (Å²) in [6.45, 7) is 2.45. The number of benzene rings is 1. The lowest BCUT2D eigenvalue weighted by molar-refractivity contribution is -0.137. The van der Waals surface area contributed by atoms with Gasteiger partial charge in [-0.25, -0.2) is 0 Å². The highest BCUT2D eigenvalue weighted by Gasteiger charge is 2.27. The summed E-state index contributed by atoms with van der Waals surface area (Å²) in [5, 5.41) is 15.5. The normalized spacial score (nSPS) is 15.5. The molecule has 0 spiro atoms. The predicted octanol–water partition coefficient (Wildman–Crippen LogP) is 2.76. The minimum atomic E-state index is -1.01. The molecule has 144 valence electrons. The maximum Gasteiger partial charge on any atom is 0.325 e. The third kappa shape index (κ3) is 3.48. The highest BCUT2D eigenvalue weighted by molar-refractivity contribution is 6.02. The quantitative estimate of drug-likeness (QED) is 0.682. The van der Waals surface area contributed by atoms with Crippen LogP contribution in [0, 0.1) is 0 Å². The smallest absolute Gasteiger partial charge is 0.325 e. The first-order chi connectivity index (χ1) is 13.5. The largest absolute Gasteiger partial charge is 0.480 e. The van der Waals surface area contributed by atoms with Crippen LogP contribution in [0.3, 0.4) is 0 Å². The monoisotopic (exact) mass is 380 g/mol. The zero-order chi connectivity index (χ0) is 19.7.